The lowest BCUT2D eigenvalue weighted by atomic mass is 10.1. The monoisotopic (exact) mass is 276 g/mol. The molecule has 0 saturated heterocycles. The molecule has 1 aliphatic heterocycles. The molecule has 3 rings (SSSR count). The zero-order valence-corrected chi connectivity index (χ0v) is 11.6. The molecule has 0 saturated carbocycles. The summed E-state index contributed by atoms with van der Waals surface area (Å²) in [5.41, 5.74) is 2.18. The number of hydrogen-bond donors (Lipinski definition) is 1. The standard InChI is InChI=1S/C14H16N2O2S/c1-17-7-6-15-8-13-16-14-10-4-2-3-5-11(10)18-9-12(14)19-13/h2-5,15H,6-9H2,1H3. The number of para-hydroxylation sites is 1. The number of fused-ring (bicyclic) bond motifs is 3. The van der Waals surface area contributed by atoms with E-state index in [0.29, 0.717) is 6.61 Å². The van der Waals surface area contributed by atoms with Crippen molar-refractivity contribution >= 4 is 11.3 Å². The molecule has 19 heavy (non-hydrogen) atoms. The Labute approximate surface area is 116 Å². The first-order valence-electron chi connectivity index (χ1n) is 6.29. The minimum Gasteiger partial charge on any atom is -0.487 e. The normalized spacial score (nSPS) is 12.7. The van der Waals surface area contributed by atoms with E-state index in [1.165, 1.54) is 4.88 Å². The summed E-state index contributed by atoms with van der Waals surface area (Å²) in [6.07, 6.45) is 0. The summed E-state index contributed by atoms with van der Waals surface area (Å²) in [5, 5.41) is 4.42. The summed E-state index contributed by atoms with van der Waals surface area (Å²) in [6, 6.07) is 8.07. The molecule has 1 aromatic heterocycles. The average molecular weight is 276 g/mol. The number of rotatable bonds is 5. The van der Waals surface area contributed by atoms with Crippen LogP contribution in [0.1, 0.15) is 9.88 Å². The molecule has 1 aliphatic rings. The van der Waals surface area contributed by atoms with E-state index in [0.717, 1.165) is 41.7 Å². The minimum atomic E-state index is 0.627. The van der Waals surface area contributed by atoms with Crippen molar-refractivity contribution in [3.05, 3.63) is 34.2 Å². The zero-order chi connectivity index (χ0) is 13.1. The van der Waals surface area contributed by atoms with Crippen molar-refractivity contribution in [1.29, 1.82) is 0 Å². The maximum absolute atomic E-state index is 5.74. The minimum absolute atomic E-state index is 0.627. The van der Waals surface area contributed by atoms with Gasteiger partial charge in [0.2, 0.25) is 0 Å². The first-order valence-corrected chi connectivity index (χ1v) is 7.10. The first-order chi connectivity index (χ1) is 9.38. The number of benzene rings is 1. The molecule has 0 spiro atoms. The van der Waals surface area contributed by atoms with Gasteiger partial charge in [-0.1, -0.05) is 12.1 Å². The van der Waals surface area contributed by atoms with Crippen molar-refractivity contribution in [1.82, 2.24) is 10.3 Å². The van der Waals surface area contributed by atoms with Crippen LogP contribution in [0.15, 0.2) is 24.3 Å². The van der Waals surface area contributed by atoms with Crippen molar-refractivity contribution < 1.29 is 9.47 Å². The molecule has 1 N–H and O–H groups in total. The lowest BCUT2D eigenvalue weighted by Crippen LogP contribution is -2.18. The van der Waals surface area contributed by atoms with Gasteiger partial charge >= 0.3 is 0 Å². The fourth-order valence-corrected chi connectivity index (χ4v) is 3.05. The van der Waals surface area contributed by atoms with E-state index in [9.17, 15) is 0 Å². The van der Waals surface area contributed by atoms with E-state index in [1.807, 2.05) is 18.2 Å². The van der Waals surface area contributed by atoms with Gasteiger partial charge in [0.25, 0.3) is 0 Å². The second kappa shape index (κ2) is 5.69. The molecule has 1 aromatic carbocycles. The van der Waals surface area contributed by atoms with Crippen LogP contribution in [0.2, 0.25) is 0 Å². The lowest BCUT2D eigenvalue weighted by Gasteiger charge is -2.15. The van der Waals surface area contributed by atoms with Crippen molar-refractivity contribution in [2.24, 2.45) is 0 Å². The number of methoxy groups -OCH3 is 1. The predicted molar refractivity (Wildman–Crippen MR) is 75.5 cm³/mol. The molecule has 100 valence electrons. The Bertz CT molecular complexity index is 568. The molecule has 0 atom stereocenters. The molecule has 2 aromatic rings. The Kier molecular flexibility index (Phi) is 3.77. The maximum atomic E-state index is 5.74. The van der Waals surface area contributed by atoms with Crippen LogP contribution >= 0.6 is 11.3 Å². The van der Waals surface area contributed by atoms with Gasteiger partial charge in [-0.3, -0.25) is 0 Å². The Hall–Kier alpha value is -1.43. The molecule has 0 radical (unpaired) electrons. The van der Waals surface area contributed by atoms with E-state index in [2.05, 4.69) is 11.4 Å². The first kappa shape index (κ1) is 12.6. The molecular formula is C14H16N2O2S. The fourth-order valence-electron chi connectivity index (χ4n) is 2.09. The summed E-state index contributed by atoms with van der Waals surface area (Å²) >= 11 is 1.72. The van der Waals surface area contributed by atoms with Crippen LogP contribution in [0.3, 0.4) is 0 Å². The second-order valence-corrected chi connectivity index (χ2v) is 5.50. The van der Waals surface area contributed by atoms with Gasteiger partial charge in [-0.2, -0.15) is 0 Å². The van der Waals surface area contributed by atoms with Gasteiger partial charge in [-0.25, -0.2) is 4.98 Å². The molecular weight excluding hydrogens is 260 g/mol. The largest absolute Gasteiger partial charge is 0.487 e. The highest BCUT2D eigenvalue weighted by Crippen LogP contribution is 2.39. The zero-order valence-electron chi connectivity index (χ0n) is 10.8. The van der Waals surface area contributed by atoms with Gasteiger partial charge in [-0.15, -0.1) is 11.3 Å². The van der Waals surface area contributed by atoms with Crippen molar-refractivity contribution in [3.8, 4) is 17.0 Å². The quantitative estimate of drug-likeness (QED) is 0.852. The van der Waals surface area contributed by atoms with E-state index >= 15 is 0 Å². The van der Waals surface area contributed by atoms with Crippen LogP contribution in [-0.4, -0.2) is 25.2 Å². The van der Waals surface area contributed by atoms with Gasteiger partial charge in [-0.05, 0) is 12.1 Å². The van der Waals surface area contributed by atoms with Gasteiger partial charge in [0, 0.05) is 25.8 Å². The van der Waals surface area contributed by atoms with E-state index in [-0.39, 0.29) is 0 Å². The molecule has 2 heterocycles. The number of nitrogens with zero attached hydrogens (tertiary/aromatic N) is 1. The number of aromatic nitrogens is 1. The van der Waals surface area contributed by atoms with E-state index in [1.54, 1.807) is 18.4 Å². The summed E-state index contributed by atoms with van der Waals surface area (Å²) in [4.78, 5) is 5.94. The SMILES string of the molecule is COCCNCc1nc2c(s1)COc1ccccc1-2. The number of ether oxygens (including phenoxy) is 2. The molecule has 0 fully saturated rings. The Morgan fingerprint density at radius 2 is 2.32 bits per heavy atom. The van der Waals surface area contributed by atoms with E-state index in [4.69, 9.17) is 14.5 Å². The van der Waals surface area contributed by atoms with Crippen LogP contribution in [0, 0.1) is 0 Å². The fraction of sp³-hybridized carbons (Fsp3) is 0.357. The number of nitrogens with one attached hydrogen (secondary N) is 1. The van der Waals surface area contributed by atoms with Crippen LogP contribution in [-0.2, 0) is 17.9 Å². The topological polar surface area (TPSA) is 43.4 Å². The van der Waals surface area contributed by atoms with Crippen molar-refractivity contribution in [2.45, 2.75) is 13.2 Å². The van der Waals surface area contributed by atoms with Gasteiger partial charge in [0.05, 0.1) is 17.2 Å². The number of thiazole rings is 1. The van der Waals surface area contributed by atoms with Gasteiger partial charge in [0.15, 0.2) is 0 Å². The third-order valence-electron chi connectivity index (χ3n) is 3.00. The van der Waals surface area contributed by atoms with Crippen molar-refractivity contribution in [3.63, 3.8) is 0 Å². The lowest BCUT2D eigenvalue weighted by molar-refractivity contribution is 0.199. The summed E-state index contributed by atoms with van der Waals surface area (Å²) < 4.78 is 10.7. The second-order valence-electron chi connectivity index (χ2n) is 4.33. The van der Waals surface area contributed by atoms with Crippen molar-refractivity contribution in [2.75, 3.05) is 20.3 Å². The molecule has 0 unspecified atom stereocenters. The smallest absolute Gasteiger partial charge is 0.129 e. The van der Waals surface area contributed by atoms with Crippen LogP contribution < -0.4 is 10.1 Å². The highest BCUT2D eigenvalue weighted by Gasteiger charge is 2.21. The third kappa shape index (κ3) is 2.63. The Morgan fingerprint density at radius 3 is 3.21 bits per heavy atom. The van der Waals surface area contributed by atoms with Gasteiger partial charge in [0.1, 0.15) is 17.4 Å². The summed E-state index contributed by atoms with van der Waals surface area (Å²) in [6.45, 7) is 2.97. The maximum Gasteiger partial charge on any atom is 0.129 e. The Balaban J connectivity index is 1.77. The number of hydrogen-bond acceptors (Lipinski definition) is 5. The molecule has 4 nitrogen and oxygen atoms in total. The molecule has 0 bridgehead atoms. The average Bonchev–Trinajstić information content (AvgIpc) is 2.87. The summed E-state index contributed by atoms with van der Waals surface area (Å²) in [7, 11) is 1.71. The predicted octanol–water partition coefficient (Wildman–Crippen LogP) is 2.44. The van der Waals surface area contributed by atoms with Crippen LogP contribution in [0.25, 0.3) is 11.3 Å². The van der Waals surface area contributed by atoms with E-state index < -0.39 is 0 Å². The molecule has 5 heteroatoms. The highest BCUT2D eigenvalue weighted by molar-refractivity contribution is 7.12. The molecule has 0 aliphatic carbocycles. The van der Waals surface area contributed by atoms with Crippen LogP contribution in [0.4, 0.5) is 0 Å². The Morgan fingerprint density at radius 1 is 1.42 bits per heavy atom. The molecule has 0 amide bonds. The van der Waals surface area contributed by atoms with Crippen LogP contribution in [0.5, 0.6) is 5.75 Å². The third-order valence-corrected chi connectivity index (χ3v) is 4.03. The summed E-state index contributed by atoms with van der Waals surface area (Å²) in [5.74, 6) is 0.930. The highest BCUT2D eigenvalue weighted by atomic mass is 32.1. The van der Waals surface area contributed by atoms with Gasteiger partial charge < -0.3 is 14.8 Å².